The number of ether oxygens (including phenoxy) is 1. The van der Waals surface area contributed by atoms with Gasteiger partial charge in [-0.25, -0.2) is 0 Å². The smallest absolute Gasteiger partial charge is 0.0929 e. The summed E-state index contributed by atoms with van der Waals surface area (Å²) in [4.78, 5) is 0. The summed E-state index contributed by atoms with van der Waals surface area (Å²) in [6, 6.07) is 0. The quantitative estimate of drug-likeness (QED) is 0.517. The molecule has 1 N–H and O–H groups in total. The van der Waals surface area contributed by atoms with Gasteiger partial charge in [0.15, 0.2) is 0 Å². The minimum atomic E-state index is -0.433. The monoisotopic (exact) mass is 236 g/mol. The highest BCUT2D eigenvalue weighted by atomic mass is 16.6. The van der Waals surface area contributed by atoms with Crippen LogP contribution in [0.2, 0.25) is 0 Å². The topological polar surface area (TPSA) is 32.8 Å². The molecule has 0 radical (unpaired) electrons. The van der Waals surface area contributed by atoms with E-state index >= 15 is 0 Å². The summed E-state index contributed by atoms with van der Waals surface area (Å²) < 4.78 is 5.85. The third-order valence-corrected chi connectivity index (χ3v) is 4.05. The van der Waals surface area contributed by atoms with Crippen molar-refractivity contribution in [1.29, 1.82) is 0 Å². The summed E-state index contributed by atoms with van der Waals surface area (Å²) in [5.74, 6) is 0. The molecule has 1 heterocycles. The van der Waals surface area contributed by atoms with Crippen molar-refractivity contribution in [3.8, 4) is 0 Å². The van der Waals surface area contributed by atoms with E-state index in [-0.39, 0.29) is 11.0 Å². The van der Waals surface area contributed by atoms with Crippen molar-refractivity contribution in [2.24, 2.45) is 5.41 Å². The summed E-state index contributed by atoms with van der Waals surface area (Å²) in [5.41, 5.74) is 1.20. The fraction of sp³-hybridized carbons (Fsp3) is 0.733. The fourth-order valence-corrected chi connectivity index (χ4v) is 2.52. The van der Waals surface area contributed by atoms with E-state index in [1.165, 1.54) is 0 Å². The zero-order valence-electron chi connectivity index (χ0n) is 11.4. The molecular formula is C15H24O2. The van der Waals surface area contributed by atoms with Gasteiger partial charge in [-0.05, 0) is 44.1 Å². The predicted molar refractivity (Wildman–Crippen MR) is 69.8 cm³/mol. The fourth-order valence-electron chi connectivity index (χ4n) is 2.52. The van der Waals surface area contributed by atoms with Crippen LogP contribution in [-0.2, 0) is 4.74 Å². The van der Waals surface area contributed by atoms with Gasteiger partial charge in [0.2, 0.25) is 0 Å². The van der Waals surface area contributed by atoms with Crippen LogP contribution in [0.15, 0.2) is 23.8 Å². The number of aliphatic hydroxyl groups excluding tert-OH is 1. The van der Waals surface area contributed by atoms with E-state index in [2.05, 4.69) is 32.9 Å². The molecular weight excluding hydrogens is 212 g/mol. The second kappa shape index (κ2) is 4.25. The molecule has 0 aromatic rings. The Bertz CT molecular complexity index is 354. The van der Waals surface area contributed by atoms with Gasteiger partial charge in [-0.1, -0.05) is 32.1 Å². The predicted octanol–water partition coefficient (Wildman–Crippen LogP) is 3.22. The Hall–Kier alpha value is -0.600. The van der Waals surface area contributed by atoms with Crippen LogP contribution >= 0.6 is 0 Å². The molecule has 3 atom stereocenters. The molecule has 17 heavy (non-hydrogen) atoms. The van der Waals surface area contributed by atoms with Crippen LogP contribution in [0.1, 0.15) is 47.0 Å². The number of aliphatic hydroxyl groups is 1. The number of hydrogen-bond acceptors (Lipinski definition) is 2. The van der Waals surface area contributed by atoms with Crippen molar-refractivity contribution in [2.75, 3.05) is 0 Å². The molecule has 2 nitrogen and oxygen atoms in total. The van der Waals surface area contributed by atoms with Crippen LogP contribution in [0.5, 0.6) is 0 Å². The molecule has 1 aliphatic heterocycles. The molecule has 1 aliphatic carbocycles. The molecule has 1 unspecified atom stereocenters. The molecule has 2 rings (SSSR count). The van der Waals surface area contributed by atoms with Crippen LogP contribution in [0, 0.1) is 5.41 Å². The largest absolute Gasteiger partial charge is 0.385 e. The van der Waals surface area contributed by atoms with Crippen molar-refractivity contribution in [1.82, 2.24) is 0 Å². The number of allylic oxidation sites excluding steroid dienone is 2. The first kappa shape index (κ1) is 12.8. The van der Waals surface area contributed by atoms with Gasteiger partial charge in [0.1, 0.15) is 0 Å². The standard InChI is InChI=1S/C15H24O2/c1-11-6-5-8-15(4)13(17-15)10-14(2,3)9-7-12(11)16/h6-7,9,12-13,16H,5,8,10H2,1-4H3/b9-7+,11-6+/t12-,13?,15+/m0/s1. The molecule has 0 saturated carbocycles. The Labute approximate surface area is 104 Å². The zero-order valence-corrected chi connectivity index (χ0v) is 11.4. The van der Waals surface area contributed by atoms with Crippen LogP contribution < -0.4 is 0 Å². The number of epoxide rings is 1. The highest BCUT2D eigenvalue weighted by Crippen LogP contribution is 2.46. The maximum Gasteiger partial charge on any atom is 0.0929 e. The van der Waals surface area contributed by atoms with Crippen LogP contribution in [-0.4, -0.2) is 22.9 Å². The normalized spacial score (nSPS) is 46.1. The molecule has 0 spiro atoms. The van der Waals surface area contributed by atoms with Gasteiger partial charge in [-0.3, -0.25) is 0 Å². The Kier molecular flexibility index (Phi) is 3.21. The van der Waals surface area contributed by atoms with Crippen molar-refractivity contribution >= 4 is 0 Å². The van der Waals surface area contributed by atoms with Gasteiger partial charge in [0.25, 0.3) is 0 Å². The summed E-state index contributed by atoms with van der Waals surface area (Å²) in [6.45, 7) is 8.60. The first-order valence-corrected chi connectivity index (χ1v) is 6.54. The SMILES string of the molecule is C/C1=C\CC[C@@]2(C)OC2CC(C)(C)/C=C/[C@@H]1O. The number of fused-ring (bicyclic) bond motifs is 1. The summed E-state index contributed by atoms with van der Waals surface area (Å²) in [7, 11) is 0. The van der Waals surface area contributed by atoms with E-state index in [0.717, 1.165) is 24.8 Å². The molecule has 1 saturated heterocycles. The molecule has 2 aliphatic rings. The Morgan fingerprint density at radius 1 is 1.35 bits per heavy atom. The van der Waals surface area contributed by atoms with Crippen LogP contribution in [0.25, 0.3) is 0 Å². The average Bonchev–Trinajstić information content (AvgIpc) is 2.83. The van der Waals surface area contributed by atoms with Gasteiger partial charge in [0.05, 0.1) is 17.8 Å². The first-order valence-electron chi connectivity index (χ1n) is 6.54. The Morgan fingerprint density at radius 3 is 2.76 bits per heavy atom. The van der Waals surface area contributed by atoms with Crippen molar-refractivity contribution in [3.05, 3.63) is 23.8 Å². The lowest BCUT2D eigenvalue weighted by molar-refractivity contribution is 0.252. The summed E-state index contributed by atoms with van der Waals surface area (Å²) in [6.07, 6.45) is 9.20. The summed E-state index contributed by atoms with van der Waals surface area (Å²) >= 11 is 0. The molecule has 0 aromatic carbocycles. The van der Waals surface area contributed by atoms with Crippen molar-refractivity contribution in [2.45, 2.75) is 64.8 Å². The molecule has 0 amide bonds. The van der Waals surface area contributed by atoms with E-state index in [1.54, 1.807) is 0 Å². The molecule has 96 valence electrons. The Balaban J connectivity index is 2.18. The van der Waals surface area contributed by atoms with Gasteiger partial charge in [-0.2, -0.15) is 0 Å². The van der Waals surface area contributed by atoms with Gasteiger partial charge in [-0.15, -0.1) is 0 Å². The minimum absolute atomic E-state index is 0.0666. The van der Waals surface area contributed by atoms with E-state index in [0.29, 0.717) is 6.10 Å². The third-order valence-electron chi connectivity index (χ3n) is 4.05. The van der Waals surface area contributed by atoms with Gasteiger partial charge >= 0.3 is 0 Å². The van der Waals surface area contributed by atoms with Gasteiger partial charge in [0, 0.05) is 0 Å². The number of hydrogen-bond donors (Lipinski definition) is 1. The molecule has 1 fully saturated rings. The van der Waals surface area contributed by atoms with Crippen molar-refractivity contribution in [3.63, 3.8) is 0 Å². The first-order chi connectivity index (χ1) is 7.82. The zero-order chi connectivity index (χ0) is 12.7. The maximum absolute atomic E-state index is 9.98. The van der Waals surface area contributed by atoms with E-state index in [9.17, 15) is 5.11 Å². The lowest BCUT2D eigenvalue weighted by Crippen LogP contribution is -2.17. The highest BCUT2D eigenvalue weighted by Gasteiger charge is 2.52. The lowest BCUT2D eigenvalue weighted by Gasteiger charge is -2.20. The van der Waals surface area contributed by atoms with Gasteiger partial charge < -0.3 is 9.84 Å². The second-order valence-corrected chi connectivity index (χ2v) is 6.40. The third kappa shape index (κ3) is 2.99. The van der Waals surface area contributed by atoms with E-state index in [4.69, 9.17) is 4.74 Å². The molecule has 2 heteroatoms. The van der Waals surface area contributed by atoms with E-state index in [1.807, 2.05) is 13.0 Å². The molecule has 0 bridgehead atoms. The Morgan fingerprint density at radius 2 is 2.06 bits per heavy atom. The van der Waals surface area contributed by atoms with Crippen LogP contribution in [0.3, 0.4) is 0 Å². The molecule has 0 aromatic heterocycles. The van der Waals surface area contributed by atoms with E-state index < -0.39 is 6.10 Å². The second-order valence-electron chi connectivity index (χ2n) is 6.40. The summed E-state index contributed by atoms with van der Waals surface area (Å²) in [5, 5.41) is 9.98. The average molecular weight is 236 g/mol. The maximum atomic E-state index is 9.98. The van der Waals surface area contributed by atoms with Crippen LogP contribution in [0.4, 0.5) is 0 Å². The highest BCUT2D eigenvalue weighted by molar-refractivity contribution is 5.17. The lowest BCUT2D eigenvalue weighted by atomic mass is 9.84. The number of rotatable bonds is 0. The van der Waals surface area contributed by atoms with Crippen molar-refractivity contribution < 1.29 is 9.84 Å². The minimum Gasteiger partial charge on any atom is -0.385 e.